The second-order valence-electron chi connectivity index (χ2n) is 3.38. The third-order valence-corrected chi connectivity index (χ3v) is 5.26. The molecule has 1 aliphatic rings. The summed E-state index contributed by atoms with van der Waals surface area (Å²) in [7, 11) is -3.11. The quantitative estimate of drug-likeness (QED) is 0.802. The van der Waals surface area contributed by atoms with E-state index in [9.17, 15) is 13.2 Å². The van der Waals surface area contributed by atoms with Crippen LogP contribution in [0.5, 0.6) is 0 Å². The molecule has 0 saturated heterocycles. The zero-order valence-corrected chi connectivity index (χ0v) is 11.8. The van der Waals surface area contributed by atoms with E-state index in [0.29, 0.717) is 5.56 Å². The monoisotopic (exact) mass is 369 g/mol. The van der Waals surface area contributed by atoms with Gasteiger partial charge in [-0.05, 0) is 34.7 Å². The topological polar surface area (TPSA) is 63.2 Å². The smallest absolute Gasteiger partial charge is 0.252 e. The van der Waals surface area contributed by atoms with E-state index in [4.69, 9.17) is 0 Å². The fourth-order valence-corrected chi connectivity index (χ4v) is 3.91. The minimum atomic E-state index is -3.11. The number of nitrogens with one attached hydrogen (secondary N) is 1. The summed E-state index contributed by atoms with van der Waals surface area (Å²) in [5.41, 5.74) is 0.576. The van der Waals surface area contributed by atoms with Crippen LogP contribution in [0, 0.1) is 2.88 Å². The minimum Gasteiger partial charge on any atom is -0.345 e. The van der Waals surface area contributed by atoms with Crippen molar-refractivity contribution in [2.75, 3.05) is 5.75 Å². The average molecular weight is 369 g/mol. The van der Waals surface area contributed by atoms with Crippen molar-refractivity contribution < 1.29 is 13.2 Å². The first-order valence-electron chi connectivity index (χ1n) is 4.42. The molecule has 4 nitrogen and oxygen atoms in total. The van der Waals surface area contributed by atoms with Gasteiger partial charge in [0.15, 0.2) is 9.84 Å². The maximum absolute atomic E-state index is 11.7. The molecule has 1 aromatic heterocycles. The molecule has 0 bridgehead atoms. The maximum Gasteiger partial charge on any atom is 0.252 e. The Kier molecular flexibility index (Phi) is 3.36. The maximum atomic E-state index is 11.7. The van der Waals surface area contributed by atoms with Gasteiger partial charge in [-0.1, -0.05) is 0 Å². The Balaban J connectivity index is 2.02. The number of hydrogen-bond donors (Lipinski definition) is 1. The lowest BCUT2D eigenvalue weighted by Gasteiger charge is -2.08. The Bertz CT molecular complexity index is 547. The van der Waals surface area contributed by atoms with E-state index >= 15 is 0 Å². The number of amides is 1. The molecule has 0 spiro atoms. The highest BCUT2D eigenvalue weighted by molar-refractivity contribution is 14.1. The van der Waals surface area contributed by atoms with Crippen molar-refractivity contribution in [2.24, 2.45) is 0 Å². The zero-order valence-electron chi connectivity index (χ0n) is 8.01. The summed E-state index contributed by atoms with van der Waals surface area (Å²) in [4.78, 5) is 11.7. The molecule has 0 aliphatic carbocycles. The standard InChI is InChI=1S/C9H8INO3S2/c10-8-3-6(4-15-8)9(12)11-7-1-2-16(13,14)5-7/h1-4,7H,5H2,(H,11,12). The molecule has 1 amide bonds. The molecule has 1 unspecified atom stereocenters. The summed E-state index contributed by atoms with van der Waals surface area (Å²) in [6, 6.07) is 1.36. The summed E-state index contributed by atoms with van der Waals surface area (Å²) >= 11 is 3.61. The van der Waals surface area contributed by atoms with E-state index in [1.54, 1.807) is 11.4 Å². The van der Waals surface area contributed by atoms with Crippen molar-refractivity contribution in [2.45, 2.75) is 6.04 Å². The van der Waals surface area contributed by atoms with Crippen LogP contribution in [-0.4, -0.2) is 26.1 Å². The second kappa shape index (κ2) is 4.46. The van der Waals surface area contributed by atoms with Gasteiger partial charge in [-0.25, -0.2) is 8.42 Å². The molecule has 1 N–H and O–H groups in total. The van der Waals surface area contributed by atoms with Gasteiger partial charge in [-0.3, -0.25) is 4.79 Å². The van der Waals surface area contributed by atoms with E-state index in [1.165, 1.54) is 17.4 Å². The Morgan fingerprint density at radius 2 is 2.31 bits per heavy atom. The normalized spacial score (nSPS) is 22.2. The minimum absolute atomic E-state index is 0.0417. The molecule has 7 heteroatoms. The van der Waals surface area contributed by atoms with Crippen LogP contribution < -0.4 is 5.32 Å². The van der Waals surface area contributed by atoms with Gasteiger partial charge < -0.3 is 5.32 Å². The predicted molar refractivity (Wildman–Crippen MR) is 71.2 cm³/mol. The highest BCUT2D eigenvalue weighted by Gasteiger charge is 2.23. The lowest BCUT2D eigenvalue weighted by atomic mass is 10.3. The van der Waals surface area contributed by atoms with Crippen LogP contribution in [0.2, 0.25) is 0 Å². The SMILES string of the molecule is O=C(NC1C=CS(=O)(=O)C1)c1csc(I)c1. The lowest BCUT2D eigenvalue weighted by Crippen LogP contribution is -2.35. The van der Waals surface area contributed by atoms with Crippen LogP contribution >= 0.6 is 33.9 Å². The fourth-order valence-electron chi connectivity index (χ4n) is 1.35. The predicted octanol–water partition coefficient (Wildman–Crippen LogP) is 1.39. The third-order valence-electron chi connectivity index (χ3n) is 2.08. The van der Waals surface area contributed by atoms with Gasteiger partial charge in [0.1, 0.15) is 0 Å². The van der Waals surface area contributed by atoms with Gasteiger partial charge in [0, 0.05) is 10.8 Å². The summed E-state index contributed by atoms with van der Waals surface area (Å²) in [6.07, 6.45) is 1.50. The van der Waals surface area contributed by atoms with Gasteiger partial charge in [-0.2, -0.15) is 0 Å². The Morgan fingerprint density at radius 3 is 2.81 bits per heavy atom. The molecule has 0 saturated carbocycles. The van der Waals surface area contributed by atoms with E-state index in [-0.39, 0.29) is 11.7 Å². The number of sulfone groups is 1. The Morgan fingerprint density at radius 1 is 1.56 bits per heavy atom. The molecular formula is C9H8INO3S2. The summed E-state index contributed by atoms with van der Waals surface area (Å²) in [6.45, 7) is 0. The van der Waals surface area contributed by atoms with Crippen LogP contribution in [0.15, 0.2) is 22.9 Å². The van der Waals surface area contributed by atoms with E-state index < -0.39 is 15.9 Å². The van der Waals surface area contributed by atoms with Gasteiger partial charge in [0.2, 0.25) is 0 Å². The van der Waals surface area contributed by atoms with Crippen LogP contribution in [0.4, 0.5) is 0 Å². The molecule has 86 valence electrons. The average Bonchev–Trinajstić information content (AvgIpc) is 2.73. The highest BCUT2D eigenvalue weighted by Crippen LogP contribution is 2.17. The van der Waals surface area contributed by atoms with Crippen LogP contribution in [0.3, 0.4) is 0 Å². The number of carbonyl (C=O) groups is 1. The lowest BCUT2D eigenvalue weighted by molar-refractivity contribution is 0.0948. The first-order valence-corrected chi connectivity index (χ1v) is 8.09. The molecular weight excluding hydrogens is 361 g/mol. The van der Waals surface area contributed by atoms with Gasteiger partial charge in [-0.15, -0.1) is 11.3 Å². The van der Waals surface area contributed by atoms with Crippen molar-refractivity contribution in [1.82, 2.24) is 5.32 Å². The molecule has 1 atom stereocenters. The fraction of sp³-hybridized carbons (Fsp3) is 0.222. The molecule has 0 fully saturated rings. The summed E-state index contributed by atoms with van der Waals surface area (Å²) < 4.78 is 23.3. The molecule has 2 rings (SSSR count). The number of hydrogen-bond acceptors (Lipinski definition) is 4. The van der Waals surface area contributed by atoms with Gasteiger partial charge >= 0.3 is 0 Å². The highest BCUT2D eigenvalue weighted by atomic mass is 127. The van der Waals surface area contributed by atoms with Crippen molar-refractivity contribution in [3.05, 3.63) is 31.4 Å². The van der Waals surface area contributed by atoms with Crippen LogP contribution in [0.1, 0.15) is 10.4 Å². The van der Waals surface area contributed by atoms with E-state index in [0.717, 1.165) is 8.29 Å². The number of halogens is 1. The molecule has 1 aromatic rings. The molecule has 0 aromatic carbocycles. The number of thiophene rings is 1. The van der Waals surface area contributed by atoms with E-state index in [2.05, 4.69) is 27.9 Å². The Labute approximate surface area is 111 Å². The van der Waals surface area contributed by atoms with Crippen molar-refractivity contribution >= 4 is 49.7 Å². The van der Waals surface area contributed by atoms with Crippen molar-refractivity contribution in [3.8, 4) is 0 Å². The van der Waals surface area contributed by atoms with Crippen LogP contribution in [-0.2, 0) is 9.84 Å². The molecule has 1 aliphatic heterocycles. The summed E-state index contributed by atoms with van der Waals surface area (Å²) in [5, 5.41) is 5.56. The first kappa shape index (κ1) is 12.1. The zero-order chi connectivity index (χ0) is 11.8. The van der Waals surface area contributed by atoms with Gasteiger partial charge in [0.05, 0.1) is 20.2 Å². The van der Waals surface area contributed by atoms with E-state index in [1.807, 2.05) is 0 Å². The second-order valence-corrected chi connectivity index (χ2v) is 8.11. The van der Waals surface area contributed by atoms with Crippen molar-refractivity contribution in [1.29, 1.82) is 0 Å². The number of carbonyl (C=O) groups excluding carboxylic acids is 1. The molecule has 2 heterocycles. The molecule has 16 heavy (non-hydrogen) atoms. The summed E-state index contributed by atoms with van der Waals surface area (Å²) in [5.74, 6) is -0.272. The number of rotatable bonds is 2. The first-order chi connectivity index (χ1) is 7.46. The largest absolute Gasteiger partial charge is 0.345 e. The Hall–Kier alpha value is -0.410. The van der Waals surface area contributed by atoms with Gasteiger partial charge in [0.25, 0.3) is 5.91 Å². The van der Waals surface area contributed by atoms with Crippen LogP contribution in [0.25, 0.3) is 0 Å². The third kappa shape index (κ3) is 2.83. The molecule has 0 radical (unpaired) electrons. The van der Waals surface area contributed by atoms with Crippen molar-refractivity contribution in [3.63, 3.8) is 0 Å².